The molecule has 0 bridgehead atoms. The highest BCUT2D eigenvalue weighted by Crippen LogP contribution is 2.23. The summed E-state index contributed by atoms with van der Waals surface area (Å²) < 4.78 is 5.35. The second-order valence-electron chi connectivity index (χ2n) is 12.8. The fourth-order valence-electron chi connectivity index (χ4n) is 5.67. The Balaban J connectivity index is 6.37. The fourth-order valence-corrected chi connectivity index (χ4v) is 5.67. The van der Waals surface area contributed by atoms with Crippen molar-refractivity contribution < 1.29 is 28.7 Å². The van der Waals surface area contributed by atoms with Gasteiger partial charge in [0.05, 0.1) is 7.11 Å². The van der Waals surface area contributed by atoms with Gasteiger partial charge in [0.15, 0.2) is 0 Å². The predicted molar refractivity (Wildman–Crippen MR) is 173 cm³/mol. The van der Waals surface area contributed by atoms with E-state index >= 15 is 0 Å². The highest BCUT2D eigenvalue weighted by molar-refractivity contribution is 5.96. The van der Waals surface area contributed by atoms with Crippen LogP contribution in [0.2, 0.25) is 0 Å². The van der Waals surface area contributed by atoms with E-state index in [-0.39, 0.29) is 23.7 Å². The number of nitrogens with zero attached hydrogens (tertiary/aromatic N) is 4. The monoisotopic (exact) mass is 619 g/mol. The molecule has 0 spiro atoms. The van der Waals surface area contributed by atoms with Gasteiger partial charge < -0.3 is 30.1 Å². The molecular weight excluding hydrogens is 562 g/mol. The lowest BCUT2D eigenvalue weighted by Crippen LogP contribution is -2.61. The third-order valence-corrected chi connectivity index (χ3v) is 7.93. The number of carbonyl (C=O) groups excluding carboxylic acids is 5. The van der Waals surface area contributed by atoms with Gasteiger partial charge in [-0.15, -0.1) is 12.3 Å². The van der Waals surface area contributed by atoms with Gasteiger partial charge >= 0.3 is 0 Å². The summed E-state index contributed by atoms with van der Waals surface area (Å²) in [5.41, 5.74) is 5.61. The predicted octanol–water partition coefficient (Wildman–Crippen LogP) is 2.74. The molecule has 0 saturated carbocycles. The summed E-state index contributed by atoms with van der Waals surface area (Å²) in [7, 11) is 7.62. The summed E-state index contributed by atoms with van der Waals surface area (Å²) in [6.07, 6.45) is 8.38. The Kier molecular flexibility index (Phi) is 16.8. The van der Waals surface area contributed by atoms with Crippen LogP contribution in [0.15, 0.2) is 11.8 Å². The standard InChI is InChI=1S/C33H57N5O6/c1-15-16-17-18-24(44-14)19-25(39)35(10)27(21(4)5)31(41)37(12)29(23(8)9)33(43)38(13)28(22(6)7)32(42)36(11)26(20(2)3)30(34)40/h1,19-23,26-29H,16-18H2,2-14H3,(H2,34,40). The van der Waals surface area contributed by atoms with Gasteiger partial charge in [-0.05, 0) is 30.1 Å². The van der Waals surface area contributed by atoms with Crippen LogP contribution in [0.5, 0.6) is 0 Å². The largest absolute Gasteiger partial charge is 0.501 e. The van der Waals surface area contributed by atoms with Crippen LogP contribution in [0.3, 0.4) is 0 Å². The first-order valence-electron chi connectivity index (χ1n) is 15.3. The van der Waals surface area contributed by atoms with Gasteiger partial charge in [-0.25, -0.2) is 0 Å². The number of terminal acetylenes is 1. The fraction of sp³-hybridized carbons (Fsp3) is 0.727. The normalized spacial score (nSPS) is 14.5. The quantitative estimate of drug-likeness (QED) is 0.115. The lowest BCUT2D eigenvalue weighted by atomic mass is 9.94. The first kappa shape index (κ1) is 40.5. The molecule has 0 aromatic heterocycles. The first-order chi connectivity index (χ1) is 20.3. The van der Waals surface area contributed by atoms with Crippen molar-refractivity contribution in [3.63, 3.8) is 0 Å². The van der Waals surface area contributed by atoms with Gasteiger partial charge in [0, 0.05) is 47.1 Å². The number of primary amides is 1. The minimum absolute atomic E-state index is 0.229. The number of nitrogens with two attached hydrogens (primary N) is 1. The Morgan fingerprint density at radius 3 is 1.32 bits per heavy atom. The molecule has 5 amide bonds. The van der Waals surface area contributed by atoms with Gasteiger partial charge in [-0.2, -0.15) is 0 Å². The smallest absolute Gasteiger partial charge is 0.250 e. The molecule has 4 atom stereocenters. The summed E-state index contributed by atoms with van der Waals surface area (Å²) in [6.45, 7) is 14.5. The van der Waals surface area contributed by atoms with Gasteiger partial charge in [0.25, 0.3) is 0 Å². The van der Waals surface area contributed by atoms with E-state index in [0.29, 0.717) is 25.0 Å². The summed E-state index contributed by atoms with van der Waals surface area (Å²) in [5, 5.41) is 0. The van der Waals surface area contributed by atoms with Crippen LogP contribution in [-0.4, -0.2) is 109 Å². The Morgan fingerprint density at radius 2 is 1.02 bits per heavy atom. The van der Waals surface area contributed by atoms with Crippen LogP contribution < -0.4 is 5.73 Å². The second-order valence-corrected chi connectivity index (χ2v) is 12.8. The number of carbonyl (C=O) groups is 5. The number of allylic oxidation sites excluding steroid dienone is 1. The minimum atomic E-state index is -0.928. The lowest BCUT2D eigenvalue weighted by molar-refractivity contribution is -0.156. The number of hydrogen-bond acceptors (Lipinski definition) is 6. The minimum Gasteiger partial charge on any atom is -0.501 e. The molecule has 0 fully saturated rings. The summed E-state index contributed by atoms with van der Waals surface area (Å²) in [4.78, 5) is 72.6. The van der Waals surface area contributed by atoms with Crippen LogP contribution in [0.1, 0.15) is 74.7 Å². The van der Waals surface area contributed by atoms with E-state index in [4.69, 9.17) is 16.9 Å². The van der Waals surface area contributed by atoms with Gasteiger partial charge in [0.2, 0.25) is 29.5 Å². The zero-order chi connectivity index (χ0) is 34.6. The first-order valence-corrected chi connectivity index (χ1v) is 15.3. The summed E-state index contributed by atoms with van der Waals surface area (Å²) in [5.74, 6) is -0.399. The van der Waals surface area contributed by atoms with Crippen molar-refractivity contribution in [2.75, 3.05) is 35.3 Å². The van der Waals surface area contributed by atoms with E-state index in [2.05, 4.69) is 5.92 Å². The average molecular weight is 620 g/mol. The van der Waals surface area contributed by atoms with E-state index in [1.807, 2.05) is 41.5 Å². The highest BCUT2D eigenvalue weighted by Gasteiger charge is 2.42. The van der Waals surface area contributed by atoms with E-state index in [1.165, 1.54) is 46.9 Å². The summed E-state index contributed by atoms with van der Waals surface area (Å²) >= 11 is 0. The maximum absolute atomic E-state index is 14.1. The Bertz CT molecular complexity index is 1080. The van der Waals surface area contributed by atoms with Crippen molar-refractivity contribution in [3.8, 4) is 12.3 Å². The van der Waals surface area contributed by atoms with E-state index in [9.17, 15) is 24.0 Å². The van der Waals surface area contributed by atoms with Crippen molar-refractivity contribution in [2.45, 2.75) is 98.8 Å². The van der Waals surface area contributed by atoms with Crippen LogP contribution in [0, 0.1) is 36.0 Å². The van der Waals surface area contributed by atoms with Crippen LogP contribution in [0.4, 0.5) is 0 Å². The number of ether oxygens (including phenoxy) is 1. The molecule has 44 heavy (non-hydrogen) atoms. The highest BCUT2D eigenvalue weighted by atomic mass is 16.5. The molecule has 0 radical (unpaired) electrons. The van der Waals surface area contributed by atoms with E-state index in [0.717, 1.165) is 0 Å². The van der Waals surface area contributed by atoms with E-state index in [1.54, 1.807) is 27.9 Å². The molecule has 11 heteroatoms. The van der Waals surface area contributed by atoms with Gasteiger partial charge in [0.1, 0.15) is 29.9 Å². The number of likely N-dealkylation sites (N-methyl/N-ethyl adjacent to an activating group) is 4. The molecular formula is C33H57N5O6. The maximum Gasteiger partial charge on any atom is 0.250 e. The van der Waals surface area contributed by atoms with Crippen LogP contribution in [-0.2, 0) is 28.7 Å². The van der Waals surface area contributed by atoms with Crippen molar-refractivity contribution in [1.82, 2.24) is 19.6 Å². The van der Waals surface area contributed by atoms with Crippen LogP contribution >= 0.6 is 0 Å². The molecule has 250 valence electrons. The average Bonchev–Trinajstić information content (AvgIpc) is 2.91. The number of unbranched alkanes of at least 4 members (excludes halogenated alkanes) is 1. The van der Waals surface area contributed by atoms with Gasteiger partial charge in [-0.3, -0.25) is 24.0 Å². The third kappa shape index (κ3) is 10.6. The molecule has 2 N–H and O–H groups in total. The van der Waals surface area contributed by atoms with E-state index < -0.39 is 53.7 Å². The molecule has 0 aliphatic heterocycles. The van der Waals surface area contributed by atoms with Crippen molar-refractivity contribution in [2.24, 2.45) is 29.4 Å². The number of amides is 5. The van der Waals surface area contributed by atoms with Crippen LogP contribution in [0.25, 0.3) is 0 Å². The zero-order valence-corrected chi connectivity index (χ0v) is 29.2. The Morgan fingerprint density at radius 1 is 0.682 bits per heavy atom. The topological polar surface area (TPSA) is 134 Å². The lowest BCUT2D eigenvalue weighted by Gasteiger charge is -2.41. The molecule has 0 aromatic rings. The molecule has 11 nitrogen and oxygen atoms in total. The Hall–Kier alpha value is -3.55. The zero-order valence-electron chi connectivity index (χ0n) is 29.2. The Labute approximate surface area is 265 Å². The maximum atomic E-state index is 14.1. The second kappa shape index (κ2) is 18.3. The number of rotatable bonds is 17. The van der Waals surface area contributed by atoms with Crippen molar-refractivity contribution >= 4 is 29.5 Å². The summed E-state index contributed by atoms with van der Waals surface area (Å²) in [6, 6.07) is -3.55. The SMILES string of the molecule is C#CCCCC(=CC(=O)N(C)C(C(=O)N(C)C(C(=O)N(C)C(C(=O)N(C)C(C(N)=O)C(C)C)C(C)C)C(C)C)C(C)C)OC. The van der Waals surface area contributed by atoms with Gasteiger partial charge in [-0.1, -0.05) is 55.4 Å². The molecule has 0 saturated heterocycles. The molecule has 0 aliphatic rings. The molecule has 0 aromatic carbocycles. The molecule has 0 heterocycles. The molecule has 4 unspecified atom stereocenters. The molecule has 0 aliphatic carbocycles. The number of hydrogen-bond donors (Lipinski definition) is 1. The van der Waals surface area contributed by atoms with Crippen molar-refractivity contribution in [3.05, 3.63) is 11.8 Å². The number of methoxy groups -OCH3 is 1. The van der Waals surface area contributed by atoms with Crippen molar-refractivity contribution in [1.29, 1.82) is 0 Å². The molecule has 0 rings (SSSR count). The third-order valence-electron chi connectivity index (χ3n) is 7.93.